The Hall–Kier alpha value is -0.830. The van der Waals surface area contributed by atoms with Gasteiger partial charge in [-0.25, -0.2) is 0 Å². The monoisotopic (exact) mass is 195 g/mol. The van der Waals surface area contributed by atoms with Crippen LogP contribution in [0.25, 0.3) is 0 Å². The number of methoxy groups -OCH3 is 1. The number of ether oxygens (including phenoxy) is 1. The molecule has 0 amide bonds. The van der Waals surface area contributed by atoms with Crippen LogP contribution in [0.2, 0.25) is 0 Å². The van der Waals surface area contributed by atoms with E-state index in [1.165, 1.54) is 12.7 Å². The number of rotatable bonds is 1. The number of piperidine rings is 1. The van der Waals surface area contributed by atoms with E-state index < -0.39 is 0 Å². The number of nitrogens with zero attached hydrogens (tertiary/aromatic N) is 1. The SMILES string of the molecule is C=C1CCN2CCCC2(C(=O)OC)C1. The third kappa shape index (κ3) is 1.27. The first-order valence-corrected chi connectivity index (χ1v) is 5.19. The minimum Gasteiger partial charge on any atom is -0.468 e. The quantitative estimate of drug-likeness (QED) is 0.467. The van der Waals surface area contributed by atoms with Crippen LogP contribution in [-0.4, -0.2) is 36.6 Å². The Balaban J connectivity index is 2.26. The molecule has 0 bridgehead atoms. The van der Waals surface area contributed by atoms with Gasteiger partial charge in [-0.05, 0) is 32.2 Å². The van der Waals surface area contributed by atoms with Crippen LogP contribution in [0.15, 0.2) is 12.2 Å². The molecule has 2 aliphatic heterocycles. The summed E-state index contributed by atoms with van der Waals surface area (Å²) in [6.45, 7) is 6.00. The van der Waals surface area contributed by atoms with Crippen LogP contribution in [0.4, 0.5) is 0 Å². The number of carbonyl (C=O) groups excluding carboxylic acids is 1. The van der Waals surface area contributed by atoms with Crippen molar-refractivity contribution < 1.29 is 9.53 Å². The number of esters is 1. The maximum absolute atomic E-state index is 11.8. The molecule has 3 heteroatoms. The summed E-state index contributed by atoms with van der Waals surface area (Å²) >= 11 is 0. The fourth-order valence-corrected chi connectivity index (χ4v) is 2.75. The van der Waals surface area contributed by atoms with E-state index in [0.717, 1.165) is 38.8 Å². The van der Waals surface area contributed by atoms with Crippen molar-refractivity contribution in [1.29, 1.82) is 0 Å². The van der Waals surface area contributed by atoms with Gasteiger partial charge in [0.1, 0.15) is 5.54 Å². The molecule has 2 heterocycles. The minimum absolute atomic E-state index is 0.0733. The van der Waals surface area contributed by atoms with Crippen molar-refractivity contribution in [3.8, 4) is 0 Å². The lowest BCUT2D eigenvalue weighted by molar-refractivity contribution is -0.154. The molecular weight excluding hydrogens is 178 g/mol. The smallest absolute Gasteiger partial charge is 0.326 e. The summed E-state index contributed by atoms with van der Waals surface area (Å²) < 4.78 is 4.92. The number of carbonyl (C=O) groups is 1. The van der Waals surface area contributed by atoms with Crippen molar-refractivity contribution >= 4 is 5.97 Å². The molecule has 2 saturated heterocycles. The van der Waals surface area contributed by atoms with Gasteiger partial charge in [-0.1, -0.05) is 12.2 Å². The van der Waals surface area contributed by atoms with E-state index in [2.05, 4.69) is 11.5 Å². The predicted octanol–water partition coefficient (Wildman–Crippen LogP) is 1.34. The second-order valence-electron chi connectivity index (χ2n) is 4.29. The Kier molecular flexibility index (Phi) is 2.35. The Morgan fingerprint density at radius 2 is 2.36 bits per heavy atom. The zero-order chi connectivity index (χ0) is 10.2. The molecule has 0 aliphatic carbocycles. The van der Waals surface area contributed by atoms with Crippen LogP contribution in [0.1, 0.15) is 25.7 Å². The first-order chi connectivity index (χ1) is 6.69. The fraction of sp³-hybridized carbons (Fsp3) is 0.727. The number of hydrogen-bond donors (Lipinski definition) is 0. The third-order valence-corrected chi connectivity index (χ3v) is 3.47. The van der Waals surface area contributed by atoms with Crippen LogP contribution in [0, 0.1) is 0 Å². The van der Waals surface area contributed by atoms with Crippen molar-refractivity contribution in [2.45, 2.75) is 31.2 Å². The lowest BCUT2D eigenvalue weighted by Crippen LogP contribution is -2.54. The molecule has 0 saturated carbocycles. The molecule has 0 aromatic carbocycles. The molecule has 0 radical (unpaired) electrons. The molecule has 0 spiro atoms. The summed E-state index contributed by atoms with van der Waals surface area (Å²) in [5.41, 5.74) is 0.831. The van der Waals surface area contributed by atoms with Gasteiger partial charge in [-0.15, -0.1) is 0 Å². The molecule has 0 N–H and O–H groups in total. The molecular formula is C11H17NO2. The average molecular weight is 195 g/mol. The molecule has 2 fully saturated rings. The lowest BCUT2D eigenvalue weighted by atomic mass is 9.84. The van der Waals surface area contributed by atoms with Crippen molar-refractivity contribution in [2.75, 3.05) is 20.2 Å². The molecule has 2 aliphatic rings. The highest BCUT2D eigenvalue weighted by Crippen LogP contribution is 2.39. The van der Waals surface area contributed by atoms with E-state index in [0.29, 0.717) is 0 Å². The van der Waals surface area contributed by atoms with Crippen molar-refractivity contribution in [2.24, 2.45) is 0 Å². The summed E-state index contributed by atoms with van der Waals surface area (Å²) in [5.74, 6) is -0.0733. The van der Waals surface area contributed by atoms with Crippen molar-refractivity contribution in [3.05, 3.63) is 12.2 Å². The van der Waals surface area contributed by atoms with Gasteiger partial charge in [-0.3, -0.25) is 9.69 Å². The topological polar surface area (TPSA) is 29.5 Å². The van der Waals surface area contributed by atoms with Gasteiger partial charge in [0.25, 0.3) is 0 Å². The van der Waals surface area contributed by atoms with Crippen molar-refractivity contribution in [3.63, 3.8) is 0 Å². The van der Waals surface area contributed by atoms with Gasteiger partial charge in [0.2, 0.25) is 0 Å². The molecule has 0 aromatic heterocycles. The molecule has 14 heavy (non-hydrogen) atoms. The van der Waals surface area contributed by atoms with Gasteiger partial charge < -0.3 is 4.74 Å². The Labute approximate surface area is 84.7 Å². The Morgan fingerprint density at radius 3 is 3.07 bits per heavy atom. The normalized spacial score (nSPS) is 32.8. The van der Waals surface area contributed by atoms with Gasteiger partial charge in [0.15, 0.2) is 0 Å². The number of fused-ring (bicyclic) bond motifs is 1. The summed E-state index contributed by atoms with van der Waals surface area (Å²) in [6.07, 6.45) is 3.85. The van der Waals surface area contributed by atoms with E-state index in [1.54, 1.807) is 0 Å². The van der Waals surface area contributed by atoms with Crippen LogP contribution < -0.4 is 0 Å². The second kappa shape index (κ2) is 3.39. The van der Waals surface area contributed by atoms with Gasteiger partial charge in [0, 0.05) is 6.54 Å². The van der Waals surface area contributed by atoms with Crippen molar-refractivity contribution in [1.82, 2.24) is 4.90 Å². The van der Waals surface area contributed by atoms with E-state index in [1.807, 2.05) is 0 Å². The highest BCUT2D eigenvalue weighted by atomic mass is 16.5. The standard InChI is InChI=1S/C11H17NO2/c1-9-4-7-12-6-3-5-11(12,8-9)10(13)14-2/h1,3-8H2,2H3. The summed E-state index contributed by atoms with van der Waals surface area (Å²) in [4.78, 5) is 14.1. The van der Waals surface area contributed by atoms with E-state index in [-0.39, 0.29) is 11.5 Å². The maximum Gasteiger partial charge on any atom is 0.326 e. The average Bonchev–Trinajstić information content (AvgIpc) is 2.60. The van der Waals surface area contributed by atoms with E-state index >= 15 is 0 Å². The Bertz CT molecular complexity index is 274. The van der Waals surface area contributed by atoms with Gasteiger partial charge >= 0.3 is 5.97 Å². The zero-order valence-corrected chi connectivity index (χ0v) is 8.71. The molecule has 1 atom stereocenters. The van der Waals surface area contributed by atoms with Crippen LogP contribution in [0.3, 0.4) is 0 Å². The highest BCUT2D eigenvalue weighted by Gasteiger charge is 2.50. The predicted molar refractivity (Wildman–Crippen MR) is 53.9 cm³/mol. The van der Waals surface area contributed by atoms with Crippen LogP contribution in [0.5, 0.6) is 0 Å². The van der Waals surface area contributed by atoms with Gasteiger partial charge in [0.05, 0.1) is 7.11 Å². The molecule has 3 nitrogen and oxygen atoms in total. The third-order valence-electron chi connectivity index (χ3n) is 3.47. The first kappa shape index (κ1) is 9.71. The maximum atomic E-state index is 11.8. The fourth-order valence-electron chi connectivity index (χ4n) is 2.75. The Morgan fingerprint density at radius 1 is 1.57 bits per heavy atom. The number of hydrogen-bond acceptors (Lipinski definition) is 3. The second-order valence-corrected chi connectivity index (χ2v) is 4.29. The van der Waals surface area contributed by atoms with Crippen LogP contribution in [-0.2, 0) is 9.53 Å². The summed E-state index contributed by atoms with van der Waals surface area (Å²) in [5, 5.41) is 0. The van der Waals surface area contributed by atoms with E-state index in [4.69, 9.17) is 4.74 Å². The summed E-state index contributed by atoms with van der Waals surface area (Å²) in [7, 11) is 1.48. The molecule has 1 unspecified atom stereocenters. The molecule has 2 rings (SSSR count). The zero-order valence-electron chi connectivity index (χ0n) is 8.71. The minimum atomic E-state index is -0.357. The summed E-state index contributed by atoms with van der Waals surface area (Å²) in [6, 6.07) is 0. The van der Waals surface area contributed by atoms with Crippen LogP contribution >= 0.6 is 0 Å². The largest absolute Gasteiger partial charge is 0.468 e. The molecule has 78 valence electrons. The van der Waals surface area contributed by atoms with E-state index in [9.17, 15) is 4.79 Å². The molecule has 0 aromatic rings. The lowest BCUT2D eigenvalue weighted by Gasteiger charge is -2.40. The van der Waals surface area contributed by atoms with Gasteiger partial charge in [-0.2, -0.15) is 0 Å². The first-order valence-electron chi connectivity index (χ1n) is 5.19. The highest BCUT2D eigenvalue weighted by molar-refractivity contribution is 5.82.